The van der Waals surface area contributed by atoms with Crippen LogP contribution in [-0.2, 0) is 11.0 Å². The standard InChI is InChI=1S/C25H35F3N6O2/c1-15-5-8-18(9-6-15)33-13-17(14-33)30-21(35)12-29-22-19-11-16(25(26,27)28)7-10-20(19)34(32-22)23(36)31-24(2,3)4/h7,10-11,15,17-18H,5-6,8-9,12-14H2,1-4H3,(H,29,32)(H,30,35)(H,31,36). The van der Waals surface area contributed by atoms with Gasteiger partial charge in [0.2, 0.25) is 5.91 Å². The zero-order valence-corrected chi connectivity index (χ0v) is 21.2. The van der Waals surface area contributed by atoms with Gasteiger partial charge in [0.15, 0.2) is 5.82 Å². The van der Waals surface area contributed by atoms with Gasteiger partial charge in [0, 0.05) is 30.1 Å². The Kier molecular flexibility index (Phi) is 7.23. The molecule has 1 saturated heterocycles. The van der Waals surface area contributed by atoms with Gasteiger partial charge in [-0.2, -0.15) is 17.9 Å². The molecule has 1 aromatic heterocycles. The van der Waals surface area contributed by atoms with Crippen molar-refractivity contribution in [1.29, 1.82) is 0 Å². The number of amides is 2. The van der Waals surface area contributed by atoms with E-state index in [1.54, 1.807) is 20.8 Å². The smallest absolute Gasteiger partial charge is 0.359 e. The van der Waals surface area contributed by atoms with Gasteiger partial charge in [-0.3, -0.25) is 9.69 Å². The maximum Gasteiger partial charge on any atom is 0.416 e. The predicted octanol–water partition coefficient (Wildman–Crippen LogP) is 4.20. The van der Waals surface area contributed by atoms with E-state index in [2.05, 4.69) is 32.9 Å². The predicted molar refractivity (Wildman–Crippen MR) is 132 cm³/mol. The lowest BCUT2D eigenvalue weighted by molar-refractivity contribution is -0.137. The van der Waals surface area contributed by atoms with Crippen LogP contribution in [0.15, 0.2) is 18.2 Å². The second kappa shape index (κ2) is 9.91. The number of benzene rings is 1. The van der Waals surface area contributed by atoms with E-state index >= 15 is 0 Å². The van der Waals surface area contributed by atoms with Crippen molar-refractivity contribution in [2.45, 2.75) is 77.2 Å². The summed E-state index contributed by atoms with van der Waals surface area (Å²) in [6.07, 6.45) is 0.327. The molecule has 2 aromatic rings. The molecule has 1 aliphatic heterocycles. The summed E-state index contributed by atoms with van der Waals surface area (Å²) in [5, 5.41) is 12.9. The van der Waals surface area contributed by atoms with Crippen LogP contribution < -0.4 is 16.0 Å². The maximum atomic E-state index is 13.3. The molecular weight excluding hydrogens is 473 g/mol. The van der Waals surface area contributed by atoms with Crippen LogP contribution in [-0.4, -0.2) is 63.9 Å². The third-order valence-corrected chi connectivity index (χ3v) is 6.87. The van der Waals surface area contributed by atoms with Crippen LogP contribution in [0.3, 0.4) is 0 Å². The van der Waals surface area contributed by atoms with Crippen molar-refractivity contribution in [3.05, 3.63) is 23.8 Å². The Labute approximate surface area is 209 Å². The summed E-state index contributed by atoms with van der Waals surface area (Å²) in [4.78, 5) is 27.7. The highest BCUT2D eigenvalue weighted by molar-refractivity contribution is 5.98. The molecule has 8 nitrogen and oxygen atoms in total. The van der Waals surface area contributed by atoms with E-state index in [-0.39, 0.29) is 35.2 Å². The average molecular weight is 509 g/mol. The van der Waals surface area contributed by atoms with Gasteiger partial charge in [0.05, 0.1) is 23.7 Å². The Morgan fingerprint density at radius 3 is 2.36 bits per heavy atom. The van der Waals surface area contributed by atoms with Crippen LogP contribution in [0.2, 0.25) is 0 Å². The fourth-order valence-corrected chi connectivity index (χ4v) is 4.91. The number of nitrogens with one attached hydrogen (secondary N) is 3. The van der Waals surface area contributed by atoms with Crippen LogP contribution in [0.4, 0.5) is 23.8 Å². The molecule has 3 N–H and O–H groups in total. The Balaban J connectivity index is 1.41. The van der Waals surface area contributed by atoms with Gasteiger partial charge < -0.3 is 16.0 Å². The van der Waals surface area contributed by atoms with Crippen molar-refractivity contribution in [2.75, 3.05) is 25.0 Å². The van der Waals surface area contributed by atoms with Crippen LogP contribution in [0.5, 0.6) is 0 Å². The highest BCUT2D eigenvalue weighted by Crippen LogP contribution is 2.34. The normalized spacial score (nSPS) is 21.8. The Bertz CT molecular complexity index is 1110. The number of halogens is 3. The van der Waals surface area contributed by atoms with E-state index in [1.165, 1.54) is 31.7 Å². The van der Waals surface area contributed by atoms with Gasteiger partial charge >= 0.3 is 12.2 Å². The van der Waals surface area contributed by atoms with E-state index in [1.807, 2.05) is 0 Å². The third kappa shape index (κ3) is 6.11. The number of alkyl halides is 3. The summed E-state index contributed by atoms with van der Waals surface area (Å²) in [6.45, 7) is 9.11. The number of carbonyl (C=O) groups excluding carboxylic acids is 2. The number of hydrogen-bond donors (Lipinski definition) is 3. The van der Waals surface area contributed by atoms with E-state index in [4.69, 9.17) is 0 Å². The van der Waals surface area contributed by atoms with E-state index in [0.717, 1.165) is 35.8 Å². The van der Waals surface area contributed by atoms with E-state index in [9.17, 15) is 22.8 Å². The summed E-state index contributed by atoms with van der Waals surface area (Å²) in [6, 6.07) is 3.14. The molecule has 1 aliphatic carbocycles. The molecule has 198 valence electrons. The van der Waals surface area contributed by atoms with Crippen LogP contribution in [0.25, 0.3) is 10.9 Å². The molecule has 2 heterocycles. The lowest BCUT2D eigenvalue weighted by atomic mass is 9.85. The number of fused-ring (bicyclic) bond motifs is 1. The number of aromatic nitrogens is 2. The summed E-state index contributed by atoms with van der Waals surface area (Å²) in [7, 11) is 0. The number of carbonyl (C=O) groups is 2. The first kappa shape index (κ1) is 26.2. The molecule has 0 bridgehead atoms. The number of hydrogen-bond acceptors (Lipinski definition) is 5. The first-order valence-electron chi connectivity index (χ1n) is 12.5. The quantitative estimate of drug-likeness (QED) is 0.563. The van der Waals surface area contributed by atoms with Crippen LogP contribution in [0, 0.1) is 5.92 Å². The second-order valence-electron chi connectivity index (χ2n) is 11.2. The fraction of sp³-hybridized carbons (Fsp3) is 0.640. The minimum atomic E-state index is -4.55. The van der Waals surface area contributed by atoms with Crippen molar-refractivity contribution in [1.82, 2.24) is 25.3 Å². The zero-order chi connectivity index (χ0) is 26.3. The highest BCUT2D eigenvalue weighted by Gasteiger charge is 2.35. The molecule has 2 aliphatic rings. The summed E-state index contributed by atoms with van der Waals surface area (Å²) in [5.74, 6) is 0.558. The minimum absolute atomic E-state index is 0.0434. The Morgan fingerprint density at radius 1 is 1.08 bits per heavy atom. The molecular formula is C25H35F3N6O2. The molecule has 2 fully saturated rings. The Morgan fingerprint density at radius 2 is 1.75 bits per heavy atom. The molecule has 1 aromatic carbocycles. The molecule has 0 atom stereocenters. The van der Waals surface area contributed by atoms with Gasteiger partial charge in [-0.25, -0.2) is 4.79 Å². The van der Waals surface area contributed by atoms with Gasteiger partial charge in [0.1, 0.15) is 0 Å². The van der Waals surface area contributed by atoms with Gasteiger partial charge in [0.25, 0.3) is 0 Å². The molecule has 0 spiro atoms. The number of likely N-dealkylation sites (tertiary alicyclic amines) is 1. The molecule has 4 rings (SSSR count). The maximum absolute atomic E-state index is 13.3. The monoisotopic (exact) mass is 508 g/mol. The summed E-state index contributed by atoms with van der Waals surface area (Å²) < 4.78 is 41.0. The molecule has 1 saturated carbocycles. The van der Waals surface area contributed by atoms with Crippen molar-refractivity contribution in [3.8, 4) is 0 Å². The molecule has 2 amide bonds. The van der Waals surface area contributed by atoms with Gasteiger partial charge in [-0.15, -0.1) is 5.10 Å². The first-order chi connectivity index (χ1) is 16.8. The fourth-order valence-electron chi connectivity index (χ4n) is 4.91. The second-order valence-corrected chi connectivity index (χ2v) is 11.2. The number of rotatable bonds is 5. The van der Waals surface area contributed by atoms with Crippen molar-refractivity contribution >= 4 is 28.7 Å². The average Bonchev–Trinajstić information content (AvgIpc) is 3.12. The zero-order valence-electron chi connectivity index (χ0n) is 21.2. The van der Waals surface area contributed by atoms with Crippen LogP contribution in [0.1, 0.15) is 58.9 Å². The lowest BCUT2D eigenvalue weighted by Gasteiger charge is -2.46. The van der Waals surface area contributed by atoms with Gasteiger partial charge in [-0.1, -0.05) is 6.92 Å². The topological polar surface area (TPSA) is 91.3 Å². The van der Waals surface area contributed by atoms with Gasteiger partial charge in [-0.05, 0) is 70.6 Å². The van der Waals surface area contributed by atoms with E-state index in [0.29, 0.717) is 6.04 Å². The van der Waals surface area contributed by atoms with Crippen molar-refractivity contribution in [2.24, 2.45) is 5.92 Å². The minimum Gasteiger partial charge on any atom is -0.359 e. The Hall–Kier alpha value is -2.82. The highest BCUT2D eigenvalue weighted by atomic mass is 19.4. The summed E-state index contributed by atoms with van der Waals surface area (Å²) >= 11 is 0. The molecule has 0 unspecified atom stereocenters. The first-order valence-corrected chi connectivity index (χ1v) is 12.5. The van der Waals surface area contributed by atoms with Crippen molar-refractivity contribution in [3.63, 3.8) is 0 Å². The van der Waals surface area contributed by atoms with Crippen LogP contribution >= 0.6 is 0 Å². The largest absolute Gasteiger partial charge is 0.416 e. The number of nitrogens with zero attached hydrogens (tertiary/aromatic N) is 3. The molecule has 11 heteroatoms. The molecule has 36 heavy (non-hydrogen) atoms. The van der Waals surface area contributed by atoms with E-state index < -0.39 is 23.3 Å². The number of anilines is 1. The lowest BCUT2D eigenvalue weighted by Crippen LogP contribution is -2.63. The third-order valence-electron chi connectivity index (χ3n) is 6.87. The van der Waals surface area contributed by atoms with Crippen molar-refractivity contribution < 1.29 is 22.8 Å². The summed E-state index contributed by atoms with van der Waals surface area (Å²) in [5.41, 5.74) is -1.21. The SMILES string of the molecule is CC1CCC(N2CC(NC(=O)CNc3nn(C(=O)NC(C)(C)C)c4ccc(C(F)(F)F)cc34)C2)CC1. The molecule has 0 radical (unpaired) electrons.